The monoisotopic (exact) mass is 488 g/mol. The molecule has 0 bridgehead atoms. The summed E-state index contributed by atoms with van der Waals surface area (Å²) in [7, 11) is -3.80. The number of rotatable bonds is 8. The van der Waals surface area contributed by atoms with Crippen LogP contribution >= 0.6 is 0 Å². The highest BCUT2D eigenvalue weighted by atomic mass is 32.2. The van der Waals surface area contributed by atoms with Gasteiger partial charge < -0.3 is 14.8 Å². The van der Waals surface area contributed by atoms with E-state index in [0.29, 0.717) is 0 Å². The summed E-state index contributed by atoms with van der Waals surface area (Å²) in [5, 5.41) is 2.80. The second-order valence-electron chi connectivity index (χ2n) is 8.57. The van der Waals surface area contributed by atoms with Gasteiger partial charge in [-0.05, 0) is 56.5 Å². The number of ether oxygens (including phenoxy) is 2. The van der Waals surface area contributed by atoms with Crippen LogP contribution in [0.15, 0.2) is 53.4 Å². The Kier molecular flexibility index (Phi) is 8.46. The first-order valence-electron chi connectivity index (χ1n) is 11.4. The van der Waals surface area contributed by atoms with Crippen LogP contribution < -0.4 is 5.32 Å². The number of hydrogen-bond acceptors (Lipinski definition) is 6. The zero-order valence-electron chi connectivity index (χ0n) is 20.0. The molecule has 1 fully saturated rings. The van der Waals surface area contributed by atoms with Crippen molar-refractivity contribution >= 4 is 21.9 Å². The summed E-state index contributed by atoms with van der Waals surface area (Å²) in [5.41, 5.74) is 2.21. The van der Waals surface area contributed by atoms with Crippen LogP contribution in [0, 0.1) is 0 Å². The van der Waals surface area contributed by atoms with Gasteiger partial charge in [-0.1, -0.05) is 37.3 Å². The van der Waals surface area contributed by atoms with Crippen molar-refractivity contribution in [2.75, 3.05) is 19.7 Å². The van der Waals surface area contributed by atoms with Gasteiger partial charge in [-0.15, -0.1) is 0 Å². The molecule has 9 heteroatoms. The van der Waals surface area contributed by atoms with E-state index < -0.39 is 28.5 Å². The van der Waals surface area contributed by atoms with Gasteiger partial charge in [0.15, 0.2) is 6.61 Å². The molecule has 0 aromatic heterocycles. The first-order chi connectivity index (χ1) is 16.1. The molecule has 34 heavy (non-hydrogen) atoms. The van der Waals surface area contributed by atoms with Gasteiger partial charge in [0.2, 0.25) is 10.0 Å². The smallest absolute Gasteiger partial charge is 0.338 e. The zero-order valence-corrected chi connectivity index (χ0v) is 20.8. The van der Waals surface area contributed by atoms with Crippen molar-refractivity contribution in [1.29, 1.82) is 0 Å². The Labute approximate surface area is 201 Å². The van der Waals surface area contributed by atoms with E-state index in [1.54, 1.807) is 0 Å². The number of aryl methyl sites for hydroxylation is 1. The normalized spacial score (nSPS) is 19.9. The zero-order chi connectivity index (χ0) is 24.9. The molecule has 1 N–H and O–H groups in total. The summed E-state index contributed by atoms with van der Waals surface area (Å²) in [6.45, 7) is 7.56. The molecule has 0 spiro atoms. The van der Waals surface area contributed by atoms with Crippen LogP contribution in [0.4, 0.5) is 0 Å². The second kappa shape index (κ2) is 11.1. The predicted molar refractivity (Wildman–Crippen MR) is 128 cm³/mol. The molecule has 184 valence electrons. The van der Waals surface area contributed by atoms with Gasteiger partial charge in [0, 0.05) is 13.1 Å². The largest absolute Gasteiger partial charge is 0.452 e. The van der Waals surface area contributed by atoms with Gasteiger partial charge in [-0.2, -0.15) is 4.31 Å². The summed E-state index contributed by atoms with van der Waals surface area (Å²) >= 11 is 0. The number of sulfonamides is 1. The van der Waals surface area contributed by atoms with Gasteiger partial charge >= 0.3 is 5.97 Å². The predicted octanol–water partition coefficient (Wildman–Crippen LogP) is 3.08. The molecule has 2 aromatic rings. The minimum absolute atomic E-state index is 0.00292. The standard InChI is InChI=1S/C25H32N2O6S/c1-5-20-9-11-21(12-10-20)19(4)26-24(28)16-32-25(29)22-7-6-8-23(13-22)34(30,31)27-14-17(2)33-18(3)15-27/h6-13,17-19H,5,14-16H2,1-4H3,(H,26,28). The third-order valence-electron chi connectivity index (χ3n) is 5.69. The van der Waals surface area contributed by atoms with E-state index >= 15 is 0 Å². The van der Waals surface area contributed by atoms with Crippen molar-refractivity contribution in [3.8, 4) is 0 Å². The van der Waals surface area contributed by atoms with Crippen LogP contribution in [0.3, 0.4) is 0 Å². The van der Waals surface area contributed by atoms with Crippen LogP contribution in [0.2, 0.25) is 0 Å². The quantitative estimate of drug-likeness (QED) is 0.573. The number of esters is 1. The van der Waals surface area contributed by atoms with Crippen molar-refractivity contribution in [3.63, 3.8) is 0 Å². The van der Waals surface area contributed by atoms with E-state index in [2.05, 4.69) is 12.2 Å². The Morgan fingerprint density at radius 2 is 1.76 bits per heavy atom. The van der Waals surface area contributed by atoms with Crippen molar-refractivity contribution in [3.05, 3.63) is 65.2 Å². The lowest BCUT2D eigenvalue weighted by atomic mass is 10.1. The summed E-state index contributed by atoms with van der Waals surface area (Å²) < 4.78 is 38.2. The number of hydrogen-bond donors (Lipinski definition) is 1. The Morgan fingerprint density at radius 1 is 1.12 bits per heavy atom. The second-order valence-corrected chi connectivity index (χ2v) is 10.5. The van der Waals surface area contributed by atoms with Crippen LogP contribution in [0.5, 0.6) is 0 Å². The Hall–Kier alpha value is -2.75. The molecule has 0 saturated carbocycles. The average Bonchev–Trinajstić information content (AvgIpc) is 2.82. The van der Waals surface area contributed by atoms with Gasteiger partial charge in [-0.25, -0.2) is 13.2 Å². The number of carbonyl (C=O) groups is 2. The highest BCUT2D eigenvalue weighted by Crippen LogP contribution is 2.22. The molecule has 2 aromatic carbocycles. The Bertz CT molecular complexity index is 1110. The minimum Gasteiger partial charge on any atom is -0.452 e. The average molecular weight is 489 g/mol. The first-order valence-corrected chi connectivity index (χ1v) is 12.8. The lowest BCUT2D eigenvalue weighted by molar-refractivity contribution is -0.124. The lowest BCUT2D eigenvalue weighted by Gasteiger charge is -2.34. The van der Waals surface area contributed by atoms with Crippen LogP contribution in [0.25, 0.3) is 0 Å². The fraction of sp³-hybridized carbons (Fsp3) is 0.440. The van der Waals surface area contributed by atoms with Gasteiger partial charge in [0.1, 0.15) is 0 Å². The van der Waals surface area contributed by atoms with E-state index in [4.69, 9.17) is 9.47 Å². The van der Waals surface area contributed by atoms with Crippen molar-refractivity contribution in [1.82, 2.24) is 9.62 Å². The topological polar surface area (TPSA) is 102 Å². The SMILES string of the molecule is CCc1ccc(C(C)NC(=O)COC(=O)c2cccc(S(=O)(=O)N3CC(C)OC(C)C3)c2)cc1. The molecular weight excluding hydrogens is 456 g/mol. The maximum absolute atomic E-state index is 13.1. The van der Waals surface area contributed by atoms with Crippen LogP contribution in [0.1, 0.15) is 55.2 Å². The maximum Gasteiger partial charge on any atom is 0.338 e. The molecule has 1 aliphatic rings. The first kappa shape index (κ1) is 25.9. The summed E-state index contributed by atoms with van der Waals surface area (Å²) in [5.74, 6) is -1.21. The fourth-order valence-corrected chi connectivity index (χ4v) is 5.52. The highest BCUT2D eigenvalue weighted by molar-refractivity contribution is 7.89. The lowest BCUT2D eigenvalue weighted by Crippen LogP contribution is -2.48. The summed E-state index contributed by atoms with van der Waals surface area (Å²) in [6, 6.07) is 13.3. The van der Waals surface area contributed by atoms with E-state index in [9.17, 15) is 18.0 Å². The number of carbonyl (C=O) groups excluding carboxylic acids is 2. The molecule has 3 unspecified atom stereocenters. The van der Waals surface area contributed by atoms with E-state index in [0.717, 1.165) is 12.0 Å². The number of benzene rings is 2. The van der Waals surface area contributed by atoms with E-state index in [-0.39, 0.29) is 41.8 Å². The summed E-state index contributed by atoms with van der Waals surface area (Å²) in [6.07, 6.45) is 0.485. The number of nitrogens with one attached hydrogen (secondary N) is 1. The van der Waals surface area contributed by atoms with Crippen molar-refractivity contribution in [2.24, 2.45) is 0 Å². The molecular formula is C25H32N2O6S. The number of amides is 1. The molecule has 0 radical (unpaired) electrons. The third-order valence-corrected chi connectivity index (χ3v) is 7.52. The maximum atomic E-state index is 13.1. The van der Waals surface area contributed by atoms with Crippen molar-refractivity contribution < 1.29 is 27.5 Å². The Morgan fingerprint density at radius 3 is 2.38 bits per heavy atom. The van der Waals surface area contributed by atoms with Gasteiger partial charge in [0.25, 0.3) is 5.91 Å². The molecule has 1 aliphatic heterocycles. The molecule has 1 amide bonds. The van der Waals surface area contributed by atoms with E-state index in [1.165, 1.54) is 34.1 Å². The molecule has 3 atom stereocenters. The molecule has 1 heterocycles. The molecule has 8 nitrogen and oxygen atoms in total. The fourth-order valence-electron chi connectivity index (χ4n) is 3.88. The van der Waals surface area contributed by atoms with Gasteiger partial charge in [-0.3, -0.25) is 4.79 Å². The number of nitrogens with zero attached hydrogens (tertiary/aromatic N) is 1. The molecule has 3 rings (SSSR count). The van der Waals surface area contributed by atoms with Gasteiger partial charge in [0.05, 0.1) is 28.7 Å². The minimum atomic E-state index is -3.80. The number of morpholine rings is 1. The molecule has 1 saturated heterocycles. The van der Waals surface area contributed by atoms with Crippen molar-refractivity contribution in [2.45, 2.75) is 57.3 Å². The van der Waals surface area contributed by atoms with Crippen LogP contribution in [-0.4, -0.2) is 56.5 Å². The van der Waals surface area contributed by atoms with E-state index in [1.807, 2.05) is 45.0 Å². The highest BCUT2D eigenvalue weighted by Gasteiger charge is 2.32. The molecule has 0 aliphatic carbocycles. The van der Waals surface area contributed by atoms with Crippen LogP contribution in [-0.2, 0) is 30.7 Å². The Balaban J connectivity index is 1.60. The summed E-state index contributed by atoms with van der Waals surface area (Å²) in [4.78, 5) is 24.8. The third kappa shape index (κ3) is 6.43.